The van der Waals surface area contributed by atoms with Crippen LogP contribution in [-0.4, -0.2) is 11.0 Å². The second-order valence-corrected chi connectivity index (χ2v) is 4.51. The van der Waals surface area contributed by atoms with Gasteiger partial charge in [-0.3, -0.25) is 10.1 Å². The van der Waals surface area contributed by atoms with Crippen LogP contribution in [0.2, 0.25) is 5.02 Å². The Morgan fingerprint density at radius 2 is 2.24 bits per heavy atom. The molecule has 1 aromatic carbocycles. The second-order valence-electron chi connectivity index (χ2n) is 4.10. The van der Waals surface area contributed by atoms with Gasteiger partial charge in [-0.1, -0.05) is 24.9 Å². The van der Waals surface area contributed by atoms with Gasteiger partial charge in [0.05, 0.1) is 4.92 Å². The molecule has 0 saturated carbocycles. The smallest absolute Gasteiger partial charge is 0.269 e. The van der Waals surface area contributed by atoms with Crippen LogP contribution < -0.4 is 5.32 Å². The van der Waals surface area contributed by atoms with Gasteiger partial charge in [-0.25, -0.2) is 0 Å². The molecule has 17 heavy (non-hydrogen) atoms. The van der Waals surface area contributed by atoms with Crippen LogP contribution in [0.3, 0.4) is 0 Å². The minimum Gasteiger partial charge on any atom is -0.310 e. The van der Waals surface area contributed by atoms with Gasteiger partial charge in [0, 0.05) is 29.7 Å². The molecule has 0 saturated heterocycles. The predicted molar refractivity (Wildman–Crippen MR) is 69.3 cm³/mol. The summed E-state index contributed by atoms with van der Waals surface area (Å²) < 4.78 is 0. The fourth-order valence-corrected chi connectivity index (χ4v) is 1.81. The zero-order valence-electron chi connectivity index (χ0n) is 10.1. The third-order valence-electron chi connectivity index (χ3n) is 2.60. The SMILES string of the molecule is CCCC(C)NCc1cc([N+](=O)[O-])ccc1Cl. The van der Waals surface area contributed by atoms with Gasteiger partial charge in [-0.15, -0.1) is 0 Å². The number of hydrogen-bond donors (Lipinski definition) is 1. The van der Waals surface area contributed by atoms with E-state index in [1.54, 1.807) is 6.07 Å². The number of rotatable bonds is 6. The minimum atomic E-state index is -0.407. The van der Waals surface area contributed by atoms with Crippen molar-refractivity contribution in [2.24, 2.45) is 0 Å². The van der Waals surface area contributed by atoms with E-state index in [4.69, 9.17) is 11.6 Å². The van der Waals surface area contributed by atoms with Gasteiger partial charge in [0.25, 0.3) is 5.69 Å². The van der Waals surface area contributed by atoms with Crippen molar-refractivity contribution in [2.75, 3.05) is 0 Å². The summed E-state index contributed by atoms with van der Waals surface area (Å²) in [6.07, 6.45) is 2.18. The Balaban J connectivity index is 2.69. The fraction of sp³-hybridized carbons (Fsp3) is 0.500. The lowest BCUT2D eigenvalue weighted by molar-refractivity contribution is -0.384. The van der Waals surface area contributed by atoms with E-state index in [9.17, 15) is 10.1 Å². The molecular formula is C12H17ClN2O2. The first kappa shape index (κ1) is 13.9. The maximum atomic E-state index is 10.6. The molecule has 1 rings (SSSR count). The van der Waals surface area contributed by atoms with Crippen LogP contribution in [0, 0.1) is 10.1 Å². The van der Waals surface area contributed by atoms with Crippen LogP contribution in [0.4, 0.5) is 5.69 Å². The van der Waals surface area contributed by atoms with Crippen molar-refractivity contribution in [3.63, 3.8) is 0 Å². The van der Waals surface area contributed by atoms with Crippen LogP contribution >= 0.6 is 11.6 Å². The van der Waals surface area contributed by atoms with E-state index in [1.807, 2.05) is 0 Å². The molecule has 1 atom stereocenters. The number of halogens is 1. The first-order chi connectivity index (χ1) is 8.04. The topological polar surface area (TPSA) is 55.2 Å². The van der Waals surface area contributed by atoms with Crippen LogP contribution in [0.1, 0.15) is 32.3 Å². The average molecular weight is 257 g/mol. The van der Waals surface area contributed by atoms with Crippen molar-refractivity contribution in [3.8, 4) is 0 Å². The van der Waals surface area contributed by atoms with E-state index in [2.05, 4.69) is 19.2 Å². The molecule has 0 spiro atoms. The molecule has 0 aliphatic rings. The van der Waals surface area contributed by atoms with Gasteiger partial charge in [-0.05, 0) is 25.0 Å². The summed E-state index contributed by atoms with van der Waals surface area (Å²) >= 11 is 6.00. The number of non-ortho nitro benzene ring substituents is 1. The molecule has 1 aromatic rings. The zero-order valence-corrected chi connectivity index (χ0v) is 10.8. The molecular weight excluding hydrogens is 240 g/mol. The molecule has 0 heterocycles. The van der Waals surface area contributed by atoms with Crippen molar-refractivity contribution < 1.29 is 4.92 Å². The maximum absolute atomic E-state index is 10.6. The predicted octanol–water partition coefficient (Wildman–Crippen LogP) is 3.53. The molecule has 1 N–H and O–H groups in total. The molecule has 94 valence electrons. The zero-order chi connectivity index (χ0) is 12.8. The quantitative estimate of drug-likeness (QED) is 0.626. The monoisotopic (exact) mass is 256 g/mol. The number of hydrogen-bond acceptors (Lipinski definition) is 3. The van der Waals surface area contributed by atoms with Gasteiger partial charge in [0.15, 0.2) is 0 Å². The number of nitro groups is 1. The molecule has 0 aliphatic heterocycles. The molecule has 0 amide bonds. The van der Waals surface area contributed by atoms with Gasteiger partial charge < -0.3 is 5.32 Å². The van der Waals surface area contributed by atoms with Gasteiger partial charge in [-0.2, -0.15) is 0 Å². The number of nitrogens with one attached hydrogen (secondary N) is 1. The van der Waals surface area contributed by atoms with Crippen molar-refractivity contribution in [3.05, 3.63) is 38.9 Å². The van der Waals surface area contributed by atoms with Gasteiger partial charge in [0.2, 0.25) is 0 Å². The Kier molecular flexibility index (Phi) is 5.38. The summed E-state index contributed by atoms with van der Waals surface area (Å²) in [4.78, 5) is 10.2. The first-order valence-corrected chi connectivity index (χ1v) is 6.08. The Bertz CT molecular complexity index is 396. The lowest BCUT2D eigenvalue weighted by atomic mass is 10.1. The molecule has 5 heteroatoms. The Hall–Kier alpha value is -1.13. The Morgan fingerprint density at radius 1 is 1.53 bits per heavy atom. The van der Waals surface area contributed by atoms with E-state index < -0.39 is 4.92 Å². The summed E-state index contributed by atoms with van der Waals surface area (Å²) in [7, 11) is 0. The highest BCUT2D eigenvalue weighted by atomic mass is 35.5. The third kappa shape index (κ3) is 4.32. The largest absolute Gasteiger partial charge is 0.310 e. The summed E-state index contributed by atoms with van der Waals surface area (Å²) in [5, 5.41) is 14.5. The normalized spacial score (nSPS) is 12.4. The number of nitrogens with zero attached hydrogens (tertiary/aromatic N) is 1. The lowest BCUT2D eigenvalue weighted by Gasteiger charge is -2.13. The maximum Gasteiger partial charge on any atom is 0.269 e. The summed E-state index contributed by atoms with van der Waals surface area (Å²) in [5.41, 5.74) is 0.846. The molecule has 0 radical (unpaired) electrons. The summed E-state index contributed by atoms with van der Waals surface area (Å²) in [6, 6.07) is 4.89. The van der Waals surface area contributed by atoms with Gasteiger partial charge in [0.1, 0.15) is 0 Å². The van der Waals surface area contributed by atoms with E-state index >= 15 is 0 Å². The molecule has 1 unspecified atom stereocenters. The molecule has 0 fully saturated rings. The fourth-order valence-electron chi connectivity index (χ4n) is 1.63. The third-order valence-corrected chi connectivity index (χ3v) is 2.97. The van der Waals surface area contributed by atoms with Crippen LogP contribution in [-0.2, 0) is 6.54 Å². The molecule has 0 aliphatic carbocycles. The molecule has 4 nitrogen and oxygen atoms in total. The molecule has 0 bridgehead atoms. The van der Waals surface area contributed by atoms with Crippen molar-refractivity contribution in [2.45, 2.75) is 39.3 Å². The van der Waals surface area contributed by atoms with Crippen molar-refractivity contribution in [1.82, 2.24) is 5.32 Å². The summed E-state index contributed by atoms with van der Waals surface area (Å²) in [6.45, 7) is 4.77. The van der Waals surface area contributed by atoms with E-state index in [0.29, 0.717) is 17.6 Å². The highest BCUT2D eigenvalue weighted by molar-refractivity contribution is 6.31. The van der Waals surface area contributed by atoms with E-state index in [-0.39, 0.29) is 5.69 Å². The van der Waals surface area contributed by atoms with Crippen LogP contribution in [0.15, 0.2) is 18.2 Å². The minimum absolute atomic E-state index is 0.0781. The number of nitro benzene ring substituents is 1. The number of benzene rings is 1. The highest BCUT2D eigenvalue weighted by Crippen LogP contribution is 2.22. The van der Waals surface area contributed by atoms with Crippen molar-refractivity contribution in [1.29, 1.82) is 0 Å². The first-order valence-electron chi connectivity index (χ1n) is 5.70. The standard InChI is InChI=1S/C12H17ClN2O2/c1-3-4-9(2)14-8-10-7-11(15(16)17)5-6-12(10)13/h5-7,9,14H,3-4,8H2,1-2H3. The average Bonchev–Trinajstić information content (AvgIpc) is 2.28. The van der Waals surface area contributed by atoms with Crippen molar-refractivity contribution >= 4 is 17.3 Å². The Labute approximate surface area is 106 Å². The second kappa shape index (κ2) is 6.57. The Morgan fingerprint density at radius 3 is 2.82 bits per heavy atom. The summed E-state index contributed by atoms with van der Waals surface area (Å²) in [5.74, 6) is 0. The molecule has 0 aromatic heterocycles. The van der Waals surface area contributed by atoms with E-state index in [0.717, 1.165) is 18.4 Å². The van der Waals surface area contributed by atoms with Crippen LogP contribution in [0.5, 0.6) is 0 Å². The van der Waals surface area contributed by atoms with Gasteiger partial charge >= 0.3 is 0 Å². The lowest BCUT2D eigenvalue weighted by Crippen LogP contribution is -2.25. The van der Waals surface area contributed by atoms with E-state index in [1.165, 1.54) is 12.1 Å². The highest BCUT2D eigenvalue weighted by Gasteiger charge is 2.10. The van der Waals surface area contributed by atoms with Crippen LogP contribution in [0.25, 0.3) is 0 Å².